The molecule has 0 aliphatic carbocycles. The number of hydrogen-bond acceptors (Lipinski definition) is 1. The molecule has 118 valence electrons. The van der Waals surface area contributed by atoms with E-state index in [4.69, 9.17) is 22.9 Å². The van der Waals surface area contributed by atoms with Crippen molar-refractivity contribution in [3.05, 3.63) is 12.2 Å². The van der Waals surface area contributed by atoms with Gasteiger partial charge in [0.05, 0.1) is 0 Å². The summed E-state index contributed by atoms with van der Waals surface area (Å²) in [5.74, 6) is -0.814. The van der Waals surface area contributed by atoms with E-state index in [-0.39, 0.29) is 6.42 Å². The smallest absolute Gasteiger partial charge is 0.303 e. The molecule has 0 unspecified atom stereocenters. The number of carboxylic acids is 1. The van der Waals surface area contributed by atoms with Gasteiger partial charge >= 0.3 is 5.97 Å². The Balaban J connectivity index is 4.95. The summed E-state index contributed by atoms with van der Waals surface area (Å²) in [6.07, 6.45) is -9.85. The van der Waals surface area contributed by atoms with E-state index < -0.39 is 44.7 Å². The van der Waals surface area contributed by atoms with Gasteiger partial charge < -0.3 is 5.11 Å². The number of allylic oxidation sites excluding steroid dienone is 2. The Morgan fingerprint density at radius 1 is 1.00 bits per heavy atom. The molecule has 0 amide bonds. The van der Waals surface area contributed by atoms with E-state index in [0.29, 0.717) is 19.3 Å². The fraction of sp³-hybridized carbons (Fsp3) is 0.833. The van der Waals surface area contributed by atoms with Crippen LogP contribution in [-0.4, -0.2) is 11.1 Å². The normalized spacial score (nSPS) is 25.1. The second-order valence-corrected chi connectivity index (χ2v) is 4.45. The van der Waals surface area contributed by atoms with Crippen LogP contribution < -0.4 is 0 Å². The van der Waals surface area contributed by atoms with Gasteiger partial charge in [-0.2, -0.15) is 0 Å². The van der Waals surface area contributed by atoms with Crippen molar-refractivity contribution in [1.29, 1.82) is 0 Å². The lowest BCUT2D eigenvalue weighted by Crippen LogP contribution is -1.93. The van der Waals surface area contributed by atoms with Crippen molar-refractivity contribution in [2.24, 2.45) is 0 Å². The van der Waals surface area contributed by atoms with E-state index >= 15 is 0 Å². The molecule has 2 nitrogen and oxygen atoms in total. The van der Waals surface area contributed by atoms with Gasteiger partial charge in [0.15, 0.2) is 0 Å². The van der Waals surface area contributed by atoms with E-state index in [1.807, 2.05) is 0 Å². The number of hydrogen-bond donors (Lipinski definition) is 1. The van der Waals surface area contributed by atoms with Gasteiger partial charge in [0.25, 0.3) is 0 Å². The van der Waals surface area contributed by atoms with Gasteiger partial charge in [-0.15, -0.1) is 0 Å². The summed E-state index contributed by atoms with van der Waals surface area (Å²) in [4.78, 5) is 10.4. The average Bonchev–Trinajstić information content (AvgIpc) is 2.64. The number of unbranched alkanes of at least 4 members (excludes halogenated alkanes) is 7. The topological polar surface area (TPSA) is 37.3 Å². The number of rotatable bonds is 15. The molecule has 0 aromatic rings. The maximum absolute atomic E-state index is 10.4. The highest BCUT2D eigenvalue weighted by atomic mass is 16.4. The predicted molar refractivity (Wildman–Crippen MR) is 87.1 cm³/mol. The number of carbonyl (C=O) groups is 1. The molecule has 0 fully saturated rings. The molecule has 0 heterocycles. The molecule has 0 aliphatic rings. The van der Waals surface area contributed by atoms with Gasteiger partial charge in [-0.05, 0) is 32.0 Å². The Morgan fingerprint density at radius 3 is 2.40 bits per heavy atom. The zero-order valence-corrected chi connectivity index (χ0v) is 11.9. The summed E-state index contributed by atoms with van der Waals surface area (Å²) >= 11 is 0. The highest BCUT2D eigenvalue weighted by molar-refractivity contribution is 5.66. The van der Waals surface area contributed by atoms with E-state index in [9.17, 15) is 4.79 Å². The quantitative estimate of drug-likeness (QED) is 0.292. The van der Waals surface area contributed by atoms with Crippen molar-refractivity contribution < 1.29 is 27.7 Å². The van der Waals surface area contributed by atoms with Crippen LogP contribution in [0.5, 0.6) is 0 Å². The molecule has 0 aromatic heterocycles. The molecule has 0 aromatic carbocycles. The maximum atomic E-state index is 10.4. The third-order valence-electron chi connectivity index (χ3n) is 2.72. The molecule has 0 radical (unpaired) electrons. The monoisotopic (exact) mass is 295 g/mol. The summed E-state index contributed by atoms with van der Waals surface area (Å²) in [6.45, 7) is -3.60. The van der Waals surface area contributed by atoms with Crippen LogP contribution in [0.3, 0.4) is 0 Å². The molecular weight excluding hydrogens is 248 g/mol. The predicted octanol–water partition coefficient (Wildman–Crippen LogP) is 6.11. The largest absolute Gasteiger partial charge is 0.481 e. The Hall–Kier alpha value is -0.790. The molecule has 0 spiro atoms. The van der Waals surface area contributed by atoms with Crippen LogP contribution in [0.25, 0.3) is 0 Å². The number of aliphatic carboxylic acids is 1. The van der Waals surface area contributed by atoms with Crippen molar-refractivity contribution in [3.8, 4) is 0 Å². The van der Waals surface area contributed by atoms with E-state index in [2.05, 4.69) is 0 Å². The molecule has 0 rings (SSSR count). The third kappa shape index (κ3) is 17.2. The Kier molecular flexibility index (Phi) is 5.32. The minimum atomic E-state index is -3.87. The summed E-state index contributed by atoms with van der Waals surface area (Å²) in [7, 11) is 0. The van der Waals surface area contributed by atoms with Gasteiger partial charge in [-0.3, -0.25) is 4.79 Å². The lowest BCUT2D eigenvalue weighted by atomic mass is 10.1. The highest BCUT2D eigenvalue weighted by Crippen LogP contribution is 2.10. The van der Waals surface area contributed by atoms with E-state index in [1.54, 1.807) is 0 Å². The first-order chi connectivity index (χ1) is 14.7. The fourth-order valence-electron chi connectivity index (χ4n) is 1.70. The van der Waals surface area contributed by atoms with Crippen LogP contribution in [0.15, 0.2) is 12.2 Å². The summed E-state index contributed by atoms with van der Waals surface area (Å²) in [5.41, 5.74) is 0. The third-order valence-corrected chi connectivity index (χ3v) is 2.72. The second kappa shape index (κ2) is 16.3. The number of carboxylic acid groups (broad SMARTS) is 1. The molecule has 20 heavy (non-hydrogen) atoms. The maximum Gasteiger partial charge on any atom is 0.303 e. The summed E-state index contributed by atoms with van der Waals surface area (Å²) in [6, 6.07) is 0. The minimum Gasteiger partial charge on any atom is -0.481 e. The molecule has 0 bridgehead atoms. The van der Waals surface area contributed by atoms with Crippen molar-refractivity contribution in [2.75, 3.05) is 0 Å². The van der Waals surface area contributed by atoms with Gasteiger partial charge in [-0.1, -0.05) is 70.2 Å². The van der Waals surface area contributed by atoms with Crippen LogP contribution in [0.2, 0.25) is 0 Å². The van der Waals surface area contributed by atoms with Crippen LogP contribution in [0.1, 0.15) is 114 Å². The Morgan fingerprint density at radius 2 is 1.70 bits per heavy atom. The van der Waals surface area contributed by atoms with E-state index in [0.717, 1.165) is 38.2 Å². The summed E-state index contributed by atoms with van der Waals surface area (Å²) < 4.78 is 100.0. The van der Waals surface area contributed by atoms with Gasteiger partial charge in [-0.25, -0.2) is 0 Å². The van der Waals surface area contributed by atoms with Gasteiger partial charge in [0.1, 0.15) is 0 Å². The van der Waals surface area contributed by atoms with Crippen molar-refractivity contribution >= 4 is 5.97 Å². The van der Waals surface area contributed by atoms with Crippen LogP contribution in [0.4, 0.5) is 0 Å². The highest BCUT2D eigenvalue weighted by Gasteiger charge is 1.96. The van der Waals surface area contributed by atoms with Gasteiger partial charge in [0.2, 0.25) is 0 Å². The van der Waals surface area contributed by atoms with Crippen molar-refractivity contribution in [1.82, 2.24) is 0 Å². The Bertz CT molecular complexity index is 654. The summed E-state index contributed by atoms with van der Waals surface area (Å²) in [5, 5.41) is 8.56. The molecule has 0 saturated heterocycles. The van der Waals surface area contributed by atoms with Gasteiger partial charge in [0, 0.05) is 24.2 Å². The molecule has 0 atom stereocenters. The zero-order valence-electron chi connectivity index (χ0n) is 24.9. The minimum absolute atomic E-state index is 0.153. The molecule has 0 aliphatic heterocycles. The molecule has 0 saturated carbocycles. The first kappa shape index (κ1) is 6.54. The average molecular weight is 296 g/mol. The lowest BCUT2D eigenvalue weighted by Gasteiger charge is -2.00. The first-order valence-electron chi connectivity index (χ1n) is 13.6. The van der Waals surface area contributed by atoms with Crippen LogP contribution >= 0.6 is 0 Å². The molecule has 2 heteroatoms. The standard InChI is InChI=1S/C18H34O2/c1-2-3-4-5-6-7-8-9-10-11-12-13-14-15-16-17-18(19)20/h7-8H,2-6,9-17H2,1H3,(H,19,20)/b8-7-/i1D3,2D2,3D2,4D2,5D2,6D2. The van der Waals surface area contributed by atoms with Crippen molar-refractivity contribution in [2.45, 2.75) is 96.5 Å². The molecular formula is C18H34O2. The zero-order chi connectivity index (χ0) is 26.4. The first-order valence-corrected chi connectivity index (χ1v) is 7.06. The SMILES string of the molecule is [2H]C([2H])([2H])C([2H])([2H])C([2H])([2H])C([2H])([2H])C([2H])([2H])C([2H])([2H])/C=C\CCCCCCCCCC(=O)O. The lowest BCUT2D eigenvalue weighted by molar-refractivity contribution is -0.137. The molecule has 1 N–H and O–H groups in total. The van der Waals surface area contributed by atoms with E-state index in [1.165, 1.54) is 6.08 Å². The second-order valence-electron chi connectivity index (χ2n) is 4.45. The fourth-order valence-corrected chi connectivity index (χ4v) is 1.70. The van der Waals surface area contributed by atoms with Crippen LogP contribution in [-0.2, 0) is 4.79 Å². The Labute approximate surface area is 143 Å². The van der Waals surface area contributed by atoms with Crippen LogP contribution in [0, 0.1) is 0 Å². The van der Waals surface area contributed by atoms with Crippen molar-refractivity contribution in [3.63, 3.8) is 0 Å².